The van der Waals surface area contributed by atoms with Gasteiger partial charge in [-0.15, -0.1) is 0 Å². The molecule has 0 aromatic carbocycles. The van der Waals surface area contributed by atoms with E-state index in [1.54, 1.807) is 20.8 Å². The van der Waals surface area contributed by atoms with Gasteiger partial charge in [-0.2, -0.15) is 0 Å². The van der Waals surface area contributed by atoms with Crippen LogP contribution in [-0.4, -0.2) is 36.0 Å². The monoisotopic (exact) mass is 244 g/mol. The van der Waals surface area contributed by atoms with E-state index in [4.69, 9.17) is 4.74 Å². The van der Waals surface area contributed by atoms with Crippen molar-refractivity contribution in [2.75, 3.05) is 6.54 Å². The van der Waals surface area contributed by atoms with E-state index in [-0.39, 0.29) is 12.3 Å². The Morgan fingerprint density at radius 2 is 1.76 bits per heavy atom. The molecule has 2 amide bonds. The maximum absolute atomic E-state index is 11.4. The summed E-state index contributed by atoms with van der Waals surface area (Å²) in [5, 5.41) is 4.77. The first kappa shape index (κ1) is 15.4. The molecule has 0 rings (SSSR count). The van der Waals surface area contributed by atoms with E-state index in [0.29, 0.717) is 0 Å². The summed E-state index contributed by atoms with van der Waals surface area (Å²) in [5.41, 5.74) is -0.611. The Labute approximate surface area is 101 Å². The molecule has 0 fully saturated rings. The quantitative estimate of drug-likeness (QED) is 0.758. The molecular formula is C11H20N2O4. The largest absolute Gasteiger partial charge is 0.444 e. The van der Waals surface area contributed by atoms with Crippen molar-refractivity contribution in [3.8, 4) is 0 Å². The van der Waals surface area contributed by atoms with Crippen molar-refractivity contribution in [1.82, 2.24) is 10.6 Å². The second kappa shape index (κ2) is 6.22. The number of rotatable bonds is 4. The zero-order chi connectivity index (χ0) is 13.6. The van der Waals surface area contributed by atoms with Crippen molar-refractivity contribution in [2.24, 2.45) is 0 Å². The van der Waals surface area contributed by atoms with Gasteiger partial charge in [0, 0.05) is 0 Å². The summed E-state index contributed by atoms with van der Waals surface area (Å²) in [6.07, 6.45) is -0.664. The molecule has 0 spiro atoms. The minimum Gasteiger partial charge on any atom is -0.444 e. The molecule has 98 valence electrons. The number of carbonyl (C=O) groups is 3. The third kappa shape index (κ3) is 8.24. The van der Waals surface area contributed by atoms with Gasteiger partial charge in [0.15, 0.2) is 0 Å². The molecule has 0 bridgehead atoms. The number of carbonyl (C=O) groups excluding carboxylic acids is 3. The average Bonchev–Trinajstić information content (AvgIpc) is 2.10. The lowest BCUT2D eigenvalue weighted by molar-refractivity contribution is -0.125. The molecule has 0 saturated heterocycles. The van der Waals surface area contributed by atoms with Crippen LogP contribution in [-0.2, 0) is 14.3 Å². The maximum atomic E-state index is 11.4. The van der Waals surface area contributed by atoms with Crippen LogP contribution in [0.3, 0.4) is 0 Å². The van der Waals surface area contributed by atoms with E-state index in [2.05, 4.69) is 10.6 Å². The second-order valence-electron chi connectivity index (χ2n) is 4.79. The summed E-state index contributed by atoms with van der Waals surface area (Å²) >= 11 is 0. The molecule has 0 radical (unpaired) electrons. The van der Waals surface area contributed by atoms with Crippen LogP contribution in [0.4, 0.5) is 4.79 Å². The summed E-state index contributed by atoms with van der Waals surface area (Å²) in [7, 11) is 0. The number of hydrogen-bond acceptors (Lipinski definition) is 4. The zero-order valence-electron chi connectivity index (χ0n) is 10.9. The van der Waals surface area contributed by atoms with Crippen molar-refractivity contribution >= 4 is 17.8 Å². The van der Waals surface area contributed by atoms with Crippen LogP contribution >= 0.6 is 0 Å². The van der Waals surface area contributed by atoms with Gasteiger partial charge >= 0.3 is 6.09 Å². The molecule has 0 saturated carbocycles. The third-order valence-corrected chi connectivity index (χ3v) is 1.64. The first-order valence-corrected chi connectivity index (χ1v) is 5.38. The molecule has 0 unspecified atom stereocenters. The van der Waals surface area contributed by atoms with E-state index in [1.807, 2.05) is 0 Å². The van der Waals surface area contributed by atoms with Gasteiger partial charge in [-0.25, -0.2) is 4.79 Å². The number of nitrogens with one attached hydrogen (secondary N) is 2. The van der Waals surface area contributed by atoms with Crippen LogP contribution in [0.5, 0.6) is 0 Å². The second-order valence-corrected chi connectivity index (χ2v) is 4.79. The molecule has 0 aliphatic carbocycles. The average molecular weight is 244 g/mol. The Morgan fingerprint density at radius 3 is 2.18 bits per heavy atom. The molecule has 0 aliphatic heterocycles. The molecule has 0 aromatic heterocycles. The van der Waals surface area contributed by atoms with Crippen molar-refractivity contribution < 1.29 is 19.1 Å². The Kier molecular flexibility index (Phi) is 5.64. The number of amides is 2. The Bertz CT molecular complexity index is 307. The highest BCUT2D eigenvalue weighted by Gasteiger charge is 2.20. The predicted molar refractivity (Wildman–Crippen MR) is 62.5 cm³/mol. The van der Waals surface area contributed by atoms with Crippen LogP contribution in [0.15, 0.2) is 0 Å². The molecule has 0 aromatic rings. The van der Waals surface area contributed by atoms with E-state index < -0.39 is 23.6 Å². The van der Waals surface area contributed by atoms with Crippen LogP contribution in [0, 0.1) is 0 Å². The standard InChI is InChI=1S/C11H20N2O4/c1-7(14)6-12-9(15)8(2)13-10(16)17-11(3,4)5/h8H,6H2,1-5H3,(H,12,15)(H,13,16)/t8-/m1/s1. The van der Waals surface area contributed by atoms with Crippen molar-refractivity contribution in [3.63, 3.8) is 0 Å². The van der Waals surface area contributed by atoms with Gasteiger partial charge in [0.25, 0.3) is 0 Å². The van der Waals surface area contributed by atoms with Gasteiger partial charge in [0.05, 0.1) is 6.54 Å². The predicted octanol–water partition coefficient (Wildman–Crippen LogP) is 0.605. The molecule has 17 heavy (non-hydrogen) atoms. The first-order chi connectivity index (χ1) is 7.61. The number of ketones is 1. The van der Waals surface area contributed by atoms with Gasteiger partial charge < -0.3 is 15.4 Å². The topological polar surface area (TPSA) is 84.5 Å². The van der Waals surface area contributed by atoms with Gasteiger partial charge in [-0.05, 0) is 34.6 Å². The summed E-state index contributed by atoms with van der Waals surface area (Å²) in [6.45, 7) is 8.03. The van der Waals surface area contributed by atoms with Crippen LogP contribution in [0.25, 0.3) is 0 Å². The van der Waals surface area contributed by atoms with Gasteiger partial charge in [-0.1, -0.05) is 0 Å². The minimum atomic E-state index is -0.746. The molecule has 0 heterocycles. The molecular weight excluding hydrogens is 224 g/mol. The number of Topliss-reactive ketones (excluding diaryl/α,β-unsaturated/α-hetero) is 1. The normalized spacial score (nSPS) is 12.5. The molecule has 2 N–H and O–H groups in total. The van der Waals surface area contributed by atoms with Crippen LogP contribution < -0.4 is 10.6 Å². The highest BCUT2D eigenvalue weighted by Crippen LogP contribution is 2.06. The lowest BCUT2D eigenvalue weighted by Crippen LogP contribution is -2.47. The minimum absolute atomic E-state index is 0.0425. The zero-order valence-corrected chi connectivity index (χ0v) is 10.9. The molecule has 0 aliphatic rings. The fourth-order valence-corrected chi connectivity index (χ4v) is 0.915. The summed E-state index contributed by atoms with van der Waals surface area (Å²) in [4.78, 5) is 33.4. The molecule has 6 heteroatoms. The Morgan fingerprint density at radius 1 is 1.24 bits per heavy atom. The molecule has 1 atom stereocenters. The summed E-state index contributed by atoms with van der Waals surface area (Å²) < 4.78 is 4.99. The SMILES string of the molecule is CC(=O)CNC(=O)[C@@H](C)NC(=O)OC(C)(C)C. The fraction of sp³-hybridized carbons (Fsp3) is 0.727. The van der Waals surface area contributed by atoms with E-state index in [0.717, 1.165) is 0 Å². The Hall–Kier alpha value is -1.59. The maximum Gasteiger partial charge on any atom is 0.408 e. The lowest BCUT2D eigenvalue weighted by atomic mass is 10.2. The van der Waals surface area contributed by atoms with Crippen LogP contribution in [0.1, 0.15) is 34.6 Å². The lowest BCUT2D eigenvalue weighted by Gasteiger charge is -2.21. The first-order valence-electron chi connectivity index (χ1n) is 5.38. The number of hydrogen-bond donors (Lipinski definition) is 2. The highest BCUT2D eigenvalue weighted by molar-refractivity contribution is 5.89. The third-order valence-electron chi connectivity index (χ3n) is 1.64. The fourth-order valence-electron chi connectivity index (χ4n) is 0.915. The van der Waals surface area contributed by atoms with Crippen molar-refractivity contribution in [1.29, 1.82) is 0 Å². The smallest absolute Gasteiger partial charge is 0.408 e. The van der Waals surface area contributed by atoms with Gasteiger partial charge in [0.2, 0.25) is 5.91 Å². The number of ether oxygens (including phenoxy) is 1. The van der Waals surface area contributed by atoms with E-state index in [1.165, 1.54) is 13.8 Å². The van der Waals surface area contributed by atoms with E-state index >= 15 is 0 Å². The van der Waals surface area contributed by atoms with Gasteiger partial charge in [-0.3, -0.25) is 9.59 Å². The van der Waals surface area contributed by atoms with Crippen LogP contribution in [0.2, 0.25) is 0 Å². The highest BCUT2D eigenvalue weighted by atomic mass is 16.6. The van der Waals surface area contributed by atoms with Crippen molar-refractivity contribution in [2.45, 2.75) is 46.3 Å². The molecule has 6 nitrogen and oxygen atoms in total. The Balaban J connectivity index is 4.08. The van der Waals surface area contributed by atoms with Crippen molar-refractivity contribution in [3.05, 3.63) is 0 Å². The van der Waals surface area contributed by atoms with Gasteiger partial charge in [0.1, 0.15) is 17.4 Å². The number of alkyl carbamates (subject to hydrolysis) is 1. The summed E-state index contributed by atoms with van der Waals surface area (Å²) in [6, 6.07) is -0.746. The summed E-state index contributed by atoms with van der Waals surface area (Å²) in [5.74, 6) is -0.575. The van der Waals surface area contributed by atoms with E-state index in [9.17, 15) is 14.4 Å².